The average molecular weight is 329 g/mol. The number of rotatable bonds is 7. The third-order valence-electron chi connectivity index (χ3n) is 3.33. The van der Waals surface area contributed by atoms with Gasteiger partial charge in [0.05, 0.1) is 19.3 Å². The molecule has 2 rings (SSSR count). The van der Waals surface area contributed by atoms with Gasteiger partial charge in [0, 0.05) is 26.9 Å². The molecule has 0 atom stereocenters. The van der Waals surface area contributed by atoms with Crippen LogP contribution in [-0.4, -0.2) is 46.0 Å². The molecule has 1 heterocycles. The van der Waals surface area contributed by atoms with Gasteiger partial charge in [0.25, 0.3) is 0 Å². The van der Waals surface area contributed by atoms with Crippen molar-refractivity contribution in [2.45, 2.75) is 19.2 Å². The maximum Gasteiger partial charge on any atom is 0.503 e. The zero-order chi connectivity index (χ0) is 15.3. The summed E-state index contributed by atoms with van der Waals surface area (Å²) in [6.07, 6.45) is 0. The molecule has 0 unspecified atom stereocenters. The largest absolute Gasteiger partial charge is 0.519 e. The predicted octanol–water partition coefficient (Wildman–Crippen LogP) is 1.97. The van der Waals surface area contributed by atoms with Crippen LogP contribution in [0.15, 0.2) is 18.2 Å². The third kappa shape index (κ3) is 4.05. The van der Waals surface area contributed by atoms with Crippen LogP contribution in [0, 0.1) is 0 Å². The topological polar surface area (TPSA) is 55.4 Å². The molecule has 1 aromatic rings. The first-order valence-electron chi connectivity index (χ1n) is 6.68. The molecule has 0 aliphatic carbocycles. The van der Waals surface area contributed by atoms with E-state index in [1.807, 2.05) is 24.7 Å². The zero-order valence-electron chi connectivity index (χ0n) is 12.8. The quantitative estimate of drug-likeness (QED) is 0.713. The van der Waals surface area contributed by atoms with Crippen LogP contribution < -0.4 is 9.16 Å². The van der Waals surface area contributed by atoms with Gasteiger partial charge in [0.2, 0.25) is 0 Å². The summed E-state index contributed by atoms with van der Waals surface area (Å²) in [5.74, 6) is 1.67. The first-order chi connectivity index (χ1) is 10.1. The summed E-state index contributed by atoms with van der Waals surface area (Å²) in [5.41, 5.74) is 1.01. The molecule has 0 amide bonds. The fraction of sp³-hybridized carbons (Fsp3) is 0.538. The Morgan fingerprint density at radius 3 is 2.57 bits per heavy atom. The first-order valence-corrected chi connectivity index (χ1v) is 10.4. The average Bonchev–Trinajstić information content (AvgIpc) is 2.52. The highest BCUT2D eigenvalue weighted by molar-refractivity contribution is 6.60. The van der Waals surface area contributed by atoms with Gasteiger partial charge in [-0.15, -0.1) is 0 Å². The van der Waals surface area contributed by atoms with Crippen LogP contribution in [0.2, 0.25) is 12.6 Å². The van der Waals surface area contributed by atoms with E-state index in [0.717, 1.165) is 17.1 Å². The molecule has 0 saturated heterocycles. The van der Waals surface area contributed by atoms with Crippen LogP contribution in [0.4, 0.5) is 0 Å². The van der Waals surface area contributed by atoms with Crippen molar-refractivity contribution >= 4 is 18.1 Å². The van der Waals surface area contributed by atoms with E-state index in [4.69, 9.17) is 26.9 Å². The van der Waals surface area contributed by atoms with Crippen molar-refractivity contribution < 1.29 is 26.9 Å². The van der Waals surface area contributed by atoms with Crippen LogP contribution in [0.1, 0.15) is 5.56 Å². The standard InChI is InChI=1S/C13H21O6Si2/c1-14-21(15-2,16-3)8-7-17-12-5-6-13-11(9-12)10-18-20(4)19-13/h5-6,9H,7-8,10H2,1-4H3. The minimum Gasteiger partial charge on any atom is -0.519 e. The van der Waals surface area contributed by atoms with Gasteiger partial charge in [-0.3, -0.25) is 0 Å². The Morgan fingerprint density at radius 2 is 1.90 bits per heavy atom. The highest BCUT2D eigenvalue weighted by atomic mass is 28.4. The van der Waals surface area contributed by atoms with Crippen LogP contribution in [0.25, 0.3) is 0 Å². The molecule has 21 heavy (non-hydrogen) atoms. The molecule has 0 aromatic heterocycles. The van der Waals surface area contributed by atoms with E-state index in [0.29, 0.717) is 19.3 Å². The van der Waals surface area contributed by atoms with Gasteiger partial charge < -0.3 is 26.9 Å². The van der Waals surface area contributed by atoms with Crippen molar-refractivity contribution in [3.8, 4) is 11.5 Å². The monoisotopic (exact) mass is 329 g/mol. The Morgan fingerprint density at radius 1 is 1.19 bits per heavy atom. The maximum atomic E-state index is 5.75. The summed E-state index contributed by atoms with van der Waals surface area (Å²) in [6.45, 7) is 3.01. The van der Waals surface area contributed by atoms with Gasteiger partial charge in [-0.2, -0.15) is 0 Å². The van der Waals surface area contributed by atoms with Gasteiger partial charge in [0.1, 0.15) is 11.5 Å². The van der Waals surface area contributed by atoms with E-state index in [1.165, 1.54) is 0 Å². The number of hydrogen-bond acceptors (Lipinski definition) is 6. The molecule has 8 heteroatoms. The second-order valence-electron chi connectivity index (χ2n) is 4.55. The minimum atomic E-state index is -2.58. The first kappa shape index (κ1) is 16.5. The van der Waals surface area contributed by atoms with Crippen molar-refractivity contribution in [2.75, 3.05) is 27.9 Å². The van der Waals surface area contributed by atoms with E-state index in [2.05, 4.69) is 0 Å². The summed E-state index contributed by atoms with van der Waals surface area (Å²) in [4.78, 5) is 0. The second-order valence-corrected chi connectivity index (χ2v) is 9.11. The lowest BCUT2D eigenvalue weighted by molar-refractivity contribution is 0.117. The smallest absolute Gasteiger partial charge is 0.503 e. The lowest BCUT2D eigenvalue weighted by Gasteiger charge is -2.24. The summed E-state index contributed by atoms with van der Waals surface area (Å²) >= 11 is 0. The third-order valence-corrected chi connectivity index (χ3v) is 7.07. The Kier molecular flexibility index (Phi) is 5.79. The van der Waals surface area contributed by atoms with Crippen molar-refractivity contribution in [1.29, 1.82) is 0 Å². The van der Waals surface area contributed by atoms with Gasteiger partial charge in [-0.05, 0) is 24.7 Å². The van der Waals surface area contributed by atoms with Gasteiger partial charge >= 0.3 is 18.1 Å². The molecule has 1 aliphatic heterocycles. The van der Waals surface area contributed by atoms with E-state index in [9.17, 15) is 0 Å². The van der Waals surface area contributed by atoms with Crippen LogP contribution >= 0.6 is 0 Å². The van der Waals surface area contributed by atoms with E-state index in [-0.39, 0.29) is 0 Å². The van der Waals surface area contributed by atoms with E-state index in [1.54, 1.807) is 21.3 Å². The fourth-order valence-electron chi connectivity index (χ4n) is 2.07. The Labute approximate surface area is 128 Å². The summed E-state index contributed by atoms with van der Waals surface area (Å²) in [7, 11) is 1.05. The molecule has 0 N–H and O–H groups in total. The Bertz CT molecular complexity index is 458. The highest BCUT2D eigenvalue weighted by Crippen LogP contribution is 2.29. The van der Waals surface area contributed by atoms with Gasteiger partial charge in [-0.25, -0.2) is 0 Å². The molecular formula is C13H21O6Si2. The molecule has 1 radical (unpaired) electrons. The summed E-state index contributed by atoms with van der Waals surface area (Å²) in [6, 6.07) is 6.35. The zero-order valence-corrected chi connectivity index (χ0v) is 14.8. The van der Waals surface area contributed by atoms with E-state index >= 15 is 0 Å². The van der Waals surface area contributed by atoms with Gasteiger partial charge in [-0.1, -0.05) is 0 Å². The van der Waals surface area contributed by atoms with Crippen LogP contribution in [-0.2, 0) is 24.3 Å². The summed E-state index contributed by atoms with van der Waals surface area (Å²) < 4.78 is 33.0. The Hall–Kier alpha value is -0.906. The molecule has 0 fully saturated rings. The van der Waals surface area contributed by atoms with Crippen molar-refractivity contribution in [3.05, 3.63) is 23.8 Å². The SMILES string of the molecule is CO[Si](CCOc1ccc2c(c1)CO[Si](C)O2)(OC)OC. The number of fused-ring (bicyclic) bond motifs is 1. The number of benzene rings is 1. The van der Waals surface area contributed by atoms with Gasteiger partial charge in [0.15, 0.2) is 0 Å². The number of ether oxygens (including phenoxy) is 1. The molecule has 117 valence electrons. The van der Waals surface area contributed by atoms with Crippen LogP contribution in [0.3, 0.4) is 0 Å². The molecule has 6 nitrogen and oxygen atoms in total. The molecule has 1 aliphatic rings. The van der Waals surface area contributed by atoms with Crippen molar-refractivity contribution in [1.82, 2.24) is 0 Å². The lowest BCUT2D eigenvalue weighted by Crippen LogP contribution is -2.44. The molecule has 0 spiro atoms. The normalized spacial score (nSPS) is 15.4. The van der Waals surface area contributed by atoms with Crippen molar-refractivity contribution in [3.63, 3.8) is 0 Å². The second kappa shape index (κ2) is 7.38. The van der Waals surface area contributed by atoms with E-state index < -0.39 is 18.1 Å². The number of hydrogen-bond donors (Lipinski definition) is 0. The maximum absolute atomic E-state index is 5.75. The predicted molar refractivity (Wildman–Crippen MR) is 80.6 cm³/mol. The van der Waals surface area contributed by atoms with Crippen molar-refractivity contribution in [2.24, 2.45) is 0 Å². The molecular weight excluding hydrogens is 308 g/mol. The minimum absolute atomic E-state index is 0.463. The lowest BCUT2D eigenvalue weighted by atomic mass is 10.2. The highest BCUT2D eigenvalue weighted by Gasteiger charge is 2.37. The molecule has 0 saturated carbocycles. The van der Waals surface area contributed by atoms with Crippen LogP contribution in [0.5, 0.6) is 11.5 Å². The summed E-state index contributed by atoms with van der Waals surface area (Å²) in [5, 5.41) is 0. The molecule has 0 bridgehead atoms. The Balaban J connectivity index is 1.92. The molecule has 1 aromatic carbocycles. The fourth-order valence-corrected chi connectivity index (χ4v) is 4.46.